The van der Waals surface area contributed by atoms with Gasteiger partial charge in [0.2, 0.25) is 0 Å². The Morgan fingerprint density at radius 2 is 1.74 bits per heavy atom. The minimum Gasteiger partial charge on any atom is -0.508 e. The van der Waals surface area contributed by atoms with Gasteiger partial charge < -0.3 is 15.3 Å². The van der Waals surface area contributed by atoms with Crippen molar-refractivity contribution in [3.8, 4) is 17.2 Å². The van der Waals surface area contributed by atoms with Crippen LogP contribution in [0.1, 0.15) is 26.3 Å². The highest BCUT2D eigenvalue weighted by molar-refractivity contribution is 6.35. The van der Waals surface area contributed by atoms with Gasteiger partial charge in [-0.1, -0.05) is 6.08 Å². The molecular weight excluding hydrogens is 298 g/mol. The third-order valence-electron chi connectivity index (χ3n) is 3.69. The molecule has 6 nitrogen and oxygen atoms in total. The Morgan fingerprint density at radius 3 is 2.39 bits per heavy atom. The van der Waals surface area contributed by atoms with Crippen LogP contribution in [0, 0.1) is 0 Å². The second kappa shape index (κ2) is 5.17. The lowest BCUT2D eigenvalue weighted by molar-refractivity contribution is 0.0924. The van der Waals surface area contributed by atoms with Crippen molar-refractivity contribution in [1.82, 2.24) is 0 Å². The van der Waals surface area contributed by atoms with Crippen LogP contribution in [-0.4, -0.2) is 27.1 Å². The first-order valence-electron chi connectivity index (χ1n) is 6.82. The van der Waals surface area contributed by atoms with Gasteiger partial charge in [0, 0.05) is 11.6 Å². The van der Waals surface area contributed by atoms with Crippen molar-refractivity contribution in [1.29, 1.82) is 0 Å². The summed E-state index contributed by atoms with van der Waals surface area (Å²) < 4.78 is 0. The molecule has 3 N–H and O–H groups in total. The first-order valence-corrected chi connectivity index (χ1v) is 6.82. The molecule has 2 aromatic carbocycles. The maximum Gasteiger partial charge on any atom is 0.266 e. The molecule has 1 heterocycles. The van der Waals surface area contributed by atoms with E-state index in [-0.39, 0.29) is 34.7 Å². The lowest BCUT2D eigenvalue weighted by Crippen LogP contribution is -2.29. The van der Waals surface area contributed by atoms with Crippen molar-refractivity contribution < 1.29 is 24.9 Å². The fraction of sp³-hybridized carbons (Fsp3) is 0.0588. The normalized spacial score (nSPS) is 13.3. The Kier molecular flexibility index (Phi) is 3.29. The molecular formula is C17H13NO5. The molecule has 3 rings (SSSR count). The third kappa shape index (κ3) is 2.12. The van der Waals surface area contributed by atoms with E-state index < -0.39 is 17.6 Å². The van der Waals surface area contributed by atoms with Gasteiger partial charge in [0.25, 0.3) is 11.8 Å². The standard InChI is InChI=1S/C17H13NO5/c1-2-3-10-13(20)7-5-11-15(10)17(23)18(16(11)22)12-6-4-9(19)8-14(12)21/h2,4-8,19-21H,1,3H2. The smallest absolute Gasteiger partial charge is 0.266 e. The molecule has 0 radical (unpaired) electrons. The minimum atomic E-state index is -0.640. The molecule has 2 amide bonds. The summed E-state index contributed by atoms with van der Waals surface area (Å²) in [5.41, 5.74) is 0.536. The average Bonchev–Trinajstić information content (AvgIpc) is 2.75. The Labute approximate surface area is 131 Å². The summed E-state index contributed by atoms with van der Waals surface area (Å²) in [6.45, 7) is 3.58. The molecule has 0 saturated carbocycles. The van der Waals surface area contributed by atoms with Crippen LogP contribution in [0.15, 0.2) is 43.0 Å². The molecule has 6 heteroatoms. The number of nitrogens with zero attached hydrogens (tertiary/aromatic N) is 1. The predicted octanol–water partition coefficient (Wildman–Crippen LogP) is 2.33. The SMILES string of the molecule is C=CCc1c(O)ccc2c1C(=O)N(c1ccc(O)cc1O)C2=O. The van der Waals surface area contributed by atoms with Crippen molar-refractivity contribution in [3.63, 3.8) is 0 Å². The van der Waals surface area contributed by atoms with E-state index in [1.165, 1.54) is 30.3 Å². The number of amides is 2. The minimum absolute atomic E-state index is 0.0296. The molecule has 0 fully saturated rings. The molecule has 23 heavy (non-hydrogen) atoms. The predicted molar refractivity (Wildman–Crippen MR) is 82.9 cm³/mol. The Hall–Kier alpha value is -3.28. The highest BCUT2D eigenvalue weighted by atomic mass is 16.3. The largest absolute Gasteiger partial charge is 0.508 e. The molecule has 0 saturated heterocycles. The van der Waals surface area contributed by atoms with E-state index in [1.54, 1.807) is 0 Å². The molecule has 0 bridgehead atoms. The maximum absolute atomic E-state index is 12.7. The number of rotatable bonds is 3. The highest BCUT2D eigenvalue weighted by Crippen LogP contribution is 2.38. The van der Waals surface area contributed by atoms with Crippen molar-refractivity contribution in [3.05, 3.63) is 59.7 Å². The summed E-state index contributed by atoms with van der Waals surface area (Å²) in [7, 11) is 0. The third-order valence-corrected chi connectivity index (χ3v) is 3.69. The lowest BCUT2D eigenvalue weighted by Gasteiger charge is -2.15. The van der Waals surface area contributed by atoms with Gasteiger partial charge in [-0.15, -0.1) is 6.58 Å². The van der Waals surface area contributed by atoms with Crippen molar-refractivity contribution in [2.45, 2.75) is 6.42 Å². The maximum atomic E-state index is 12.7. The van der Waals surface area contributed by atoms with E-state index in [2.05, 4.69) is 6.58 Å². The number of hydrogen-bond acceptors (Lipinski definition) is 5. The summed E-state index contributed by atoms with van der Waals surface area (Å²) in [4.78, 5) is 26.0. The first kappa shape index (κ1) is 14.6. The Morgan fingerprint density at radius 1 is 1.00 bits per heavy atom. The Balaban J connectivity index is 2.18. The van der Waals surface area contributed by atoms with Gasteiger partial charge in [-0.3, -0.25) is 9.59 Å². The number of anilines is 1. The number of hydrogen-bond donors (Lipinski definition) is 3. The van der Waals surface area contributed by atoms with Crippen LogP contribution >= 0.6 is 0 Å². The Bertz CT molecular complexity index is 856. The number of carbonyl (C=O) groups excluding carboxylic acids is 2. The van der Waals surface area contributed by atoms with Gasteiger partial charge >= 0.3 is 0 Å². The highest BCUT2D eigenvalue weighted by Gasteiger charge is 2.40. The molecule has 116 valence electrons. The van der Waals surface area contributed by atoms with Crippen LogP contribution < -0.4 is 4.90 Å². The van der Waals surface area contributed by atoms with Crippen LogP contribution in [0.3, 0.4) is 0 Å². The second-order valence-electron chi connectivity index (χ2n) is 5.10. The lowest BCUT2D eigenvalue weighted by atomic mass is 9.99. The zero-order valence-electron chi connectivity index (χ0n) is 12.0. The van der Waals surface area contributed by atoms with Crippen molar-refractivity contribution in [2.24, 2.45) is 0 Å². The van der Waals surface area contributed by atoms with Crippen LogP contribution in [0.25, 0.3) is 0 Å². The van der Waals surface area contributed by atoms with E-state index in [4.69, 9.17) is 0 Å². The first-order chi connectivity index (χ1) is 11.0. The number of imide groups is 1. The summed E-state index contributed by atoms with van der Waals surface area (Å²) in [5, 5.41) is 29.2. The van der Waals surface area contributed by atoms with Gasteiger partial charge in [-0.2, -0.15) is 0 Å². The van der Waals surface area contributed by atoms with E-state index in [0.717, 1.165) is 11.0 Å². The van der Waals surface area contributed by atoms with E-state index in [0.29, 0.717) is 5.56 Å². The van der Waals surface area contributed by atoms with Gasteiger partial charge in [-0.25, -0.2) is 4.90 Å². The molecule has 0 spiro atoms. The molecule has 0 aromatic heterocycles. The van der Waals surface area contributed by atoms with E-state index in [1.807, 2.05) is 0 Å². The number of carbonyl (C=O) groups is 2. The van der Waals surface area contributed by atoms with Gasteiger partial charge in [-0.05, 0) is 30.7 Å². The number of allylic oxidation sites excluding steroid dienone is 1. The fourth-order valence-corrected chi connectivity index (χ4v) is 2.65. The summed E-state index contributed by atoms with van der Waals surface area (Å²) in [6.07, 6.45) is 1.75. The van der Waals surface area contributed by atoms with Crippen molar-refractivity contribution in [2.75, 3.05) is 4.90 Å². The molecule has 1 aliphatic rings. The van der Waals surface area contributed by atoms with Gasteiger partial charge in [0.05, 0.1) is 16.8 Å². The topological polar surface area (TPSA) is 98.1 Å². The average molecular weight is 311 g/mol. The quantitative estimate of drug-likeness (QED) is 0.597. The number of phenolic OH excluding ortho intramolecular Hbond substituents is 3. The number of benzene rings is 2. The molecule has 0 aliphatic carbocycles. The van der Waals surface area contributed by atoms with Crippen LogP contribution in [-0.2, 0) is 6.42 Å². The van der Waals surface area contributed by atoms with E-state index >= 15 is 0 Å². The number of fused-ring (bicyclic) bond motifs is 1. The van der Waals surface area contributed by atoms with Crippen molar-refractivity contribution >= 4 is 17.5 Å². The number of aromatic hydroxyl groups is 3. The van der Waals surface area contributed by atoms with Gasteiger partial charge in [0.1, 0.15) is 17.2 Å². The summed E-state index contributed by atoms with van der Waals surface area (Å²) in [5.74, 6) is -1.92. The molecule has 1 aliphatic heterocycles. The fourth-order valence-electron chi connectivity index (χ4n) is 2.65. The monoisotopic (exact) mass is 311 g/mol. The summed E-state index contributed by atoms with van der Waals surface area (Å²) in [6, 6.07) is 6.30. The molecule has 2 aromatic rings. The molecule has 0 unspecified atom stereocenters. The zero-order valence-corrected chi connectivity index (χ0v) is 12.0. The number of phenols is 3. The van der Waals surface area contributed by atoms with Crippen LogP contribution in [0.5, 0.6) is 17.2 Å². The molecule has 0 atom stereocenters. The van der Waals surface area contributed by atoms with Crippen LogP contribution in [0.4, 0.5) is 5.69 Å². The van der Waals surface area contributed by atoms with Crippen LogP contribution in [0.2, 0.25) is 0 Å². The second-order valence-corrected chi connectivity index (χ2v) is 5.10. The van der Waals surface area contributed by atoms with Gasteiger partial charge in [0.15, 0.2) is 0 Å². The van der Waals surface area contributed by atoms with E-state index in [9.17, 15) is 24.9 Å². The zero-order chi connectivity index (χ0) is 16.7. The summed E-state index contributed by atoms with van der Waals surface area (Å²) >= 11 is 0.